The van der Waals surface area contributed by atoms with E-state index < -0.39 is 16.0 Å². The van der Waals surface area contributed by atoms with E-state index in [1.165, 1.54) is 12.8 Å². The molecule has 0 radical (unpaired) electrons. The highest BCUT2D eigenvalue weighted by molar-refractivity contribution is 7.89. The monoisotopic (exact) mass is 450 g/mol. The van der Waals surface area contributed by atoms with E-state index in [-0.39, 0.29) is 29.9 Å². The van der Waals surface area contributed by atoms with E-state index in [0.717, 1.165) is 50.5 Å². The molecule has 1 saturated heterocycles. The molecule has 1 amide bonds. The molecule has 8 heteroatoms. The van der Waals surface area contributed by atoms with Crippen LogP contribution in [0.25, 0.3) is 0 Å². The molecular weight excluding hydrogens is 416 g/mol. The molecule has 1 aromatic carbocycles. The molecule has 1 N–H and O–H groups in total. The Morgan fingerprint density at radius 1 is 0.935 bits per heavy atom. The zero-order valence-electron chi connectivity index (χ0n) is 18.2. The lowest BCUT2D eigenvalue weighted by Gasteiger charge is -2.25. The van der Waals surface area contributed by atoms with Gasteiger partial charge in [-0.3, -0.25) is 9.59 Å². The van der Waals surface area contributed by atoms with Gasteiger partial charge in [-0.05, 0) is 49.8 Å². The lowest BCUT2D eigenvalue weighted by molar-refractivity contribution is -0.148. The topological polar surface area (TPSA) is 92.8 Å². The second-order valence-corrected chi connectivity index (χ2v) is 10.5. The molecule has 0 bridgehead atoms. The third kappa shape index (κ3) is 7.31. The van der Waals surface area contributed by atoms with Crippen LogP contribution in [0.4, 0.5) is 0 Å². The van der Waals surface area contributed by atoms with Crippen molar-refractivity contribution in [1.82, 2.24) is 9.62 Å². The van der Waals surface area contributed by atoms with E-state index >= 15 is 0 Å². The first-order valence-electron chi connectivity index (χ1n) is 11.5. The summed E-state index contributed by atoms with van der Waals surface area (Å²) in [7, 11) is -3.45. The van der Waals surface area contributed by atoms with Gasteiger partial charge in [-0.2, -0.15) is 4.31 Å². The Hall–Kier alpha value is -1.93. The molecule has 31 heavy (non-hydrogen) atoms. The van der Waals surface area contributed by atoms with Gasteiger partial charge in [-0.1, -0.05) is 44.2 Å². The quantitative estimate of drug-likeness (QED) is 0.485. The molecule has 0 atom stereocenters. The number of sulfonamides is 1. The first-order chi connectivity index (χ1) is 14.9. The molecule has 172 valence electrons. The van der Waals surface area contributed by atoms with Crippen molar-refractivity contribution >= 4 is 21.9 Å². The fourth-order valence-electron chi connectivity index (χ4n) is 4.24. The summed E-state index contributed by atoms with van der Waals surface area (Å²) in [6.45, 7) is 0.900. The highest BCUT2D eigenvalue weighted by Crippen LogP contribution is 2.21. The van der Waals surface area contributed by atoms with Crippen molar-refractivity contribution in [3.63, 3.8) is 0 Å². The molecule has 0 aromatic heterocycles. The van der Waals surface area contributed by atoms with Crippen LogP contribution in [0.2, 0.25) is 0 Å². The van der Waals surface area contributed by atoms with Gasteiger partial charge in [-0.25, -0.2) is 8.42 Å². The van der Waals surface area contributed by atoms with Crippen molar-refractivity contribution in [3.8, 4) is 0 Å². The number of nitrogens with one attached hydrogen (secondary N) is 1. The van der Waals surface area contributed by atoms with Gasteiger partial charge in [0.2, 0.25) is 10.0 Å². The van der Waals surface area contributed by atoms with E-state index in [1.54, 1.807) is 28.6 Å². The number of esters is 1. The van der Waals surface area contributed by atoms with Crippen LogP contribution in [0, 0.1) is 0 Å². The zero-order chi connectivity index (χ0) is 22.1. The maximum absolute atomic E-state index is 12.7. The smallest absolute Gasteiger partial charge is 0.306 e. The van der Waals surface area contributed by atoms with E-state index in [2.05, 4.69) is 5.32 Å². The third-order valence-corrected chi connectivity index (χ3v) is 7.99. The van der Waals surface area contributed by atoms with Crippen molar-refractivity contribution in [3.05, 3.63) is 29.8 Å². The molecule has 3 rings (SSSR count). The predicted octanol–water partition coefficient (Wildman–Crippen LogP) is 3.18. The van der Waals surface area contributed by atoms with Crippen LogP contribution in [-0.4, -0.2) is 50.3 Å². The molecule has 0 spiro atoms. The fourth-order valence-corrected chi connectivity index (χ4v) is 5.76. The van der Waals surface area contributed by atoms with Crippen molar-refractivity contribution in [2.75, 3.05) is 19.7 Å². The SMILES string of the molecule is O=C(COC(=O)CCc1ccc(S(=O)(=O)N2CCCCC2)cc1)NC1CCCCCC1. The Morgan fingerprint density at radius 3 is 2.19 bits per heavy atom. The maximum atomic E-state index is 12.7. The number of hydrogen-bond donors (Lipinski definition) is 1. The van der Waals surface area contributed by atoms with Gasteiger partial charge in [-0.15, -0.1) is 0 Å². The normalized spacial score (nSPS) is 18.8. The highest BCUT2D eigenvalue weighted by atomic mass is 32.2. The summed E-state index contributed by atoms with van der Waals surface area (Å²) in [6.07, 6.45) is 10.1. The first kappa shape index (κ1) is 23.7. The summed E-state index contributed by atoms with van der Waals surface area (Å²) in [5.74, 6) is -0.673. The predicted molar refractivity (Wildman–Crippen MR) is 118 cm³/mol. The second kappa shape index (κ2) is 11.6. The van der Waals surface area contributed by atoms with Crippen LogP contribution in [-0.2, 0) is 30.8 Å². The number of piperidine rings is 1. The molecule has 2 fully saturated rings. The summed E-state index contributed by atoms with van der Waals surface area (Å²) in [5, 5.41) is 2.96. The molecule has 1 aliphatic heterocycles. The summed E-state index contributed by atoms with van der Waals surface area (Å²) in [4.78, 5) is 24.3. The standard InChI is InChI=1S/C23H34N2O5S/c26-22(24-20-8-4-1-2-5-9-20)18-30-23(27)15-12-19-10-13-21(14-11-19)31(28,29)25-16-6-3-7-17-25/h10-11,13-14,20H,1-9,12,15-18H2,(H,24,26). The largest absolute Gasteiger partial charge is 0.456 e. The molecule has 2 aliphatic rings. The van der Waals surface area contributed by atoms with Gasteiger partial charge in [0.1, 0.15) is 0 Å². The molecule has 0 unspecified atom stereocenters. The molecule has 1 aromatic rings. The number of carbonyl (C=O) groups is 2. The average molecular weight is 451 g/mol. The van der Waals surface area contributed by atoms with Crippen LogP contribution < -0.4 is 5.32 Å². The van der Waals surface area contributed by atoms with Crippen LogP contribution in [0.15, 0.2) is 29.2 Å². The summed E-state index contributed by atoms with van der Waals surface area (Å²) >= 11 is 0. The van der Waals surface area contributed by atoms with Gasteiger partial charge < -0.3 is 10.1 Å². The summed E-state index contributed by atoms with van der Waals surface area (Å²) in [6, 6.07) is 6.87. The molecule has 1 heterocycles. The number of amides is 1. The number of rotatable bonds is 8. The minimum atomic E-state index is -3.45. The number of carbonyl (C=O) groups excluding carboxylic acids is 2. The lowest BCUT2D eigenvalue weighted by Crippen LogP contribution is -2.37. The Morgan fingerprint density at radius 2 is 1.55 bits per heavy atom. The van der Waals surface area contributed by atoms with Gasteiger partial charge in [0, 0.05) is 25.6 Å². The van der Waals surface area contributed by atoms with Crippen molar-refractivity contribution < 1.29 is 22.7 Å². The number of benzene rings is 1. The van der Waals surface area contributed by atoms with Crippen molar-refractivity contribution in [2.45, 2.75) is 81.6 Å². The Labute approximate surface area is 185 Å². The van der Waals surface area contributed by atoms with Crippen LogP contribution >= 0.6 is 0 Å². The van der Waals surface area contributed by atoms with Gasteiger partial charge in [0.25, 0.3) is 5.91 Å². The molecule has 1 aliphatic carbocycles. The van der Waals surface area contributed by atoms with E-state index in [4.69, 9.17) is 4.74 Å². The van der Waals surface area contributed by atoms with Gasteiger partial charge >= 0.3 is 5.97 Å². The number of nitrogens with zero attached hydrogens (tertiary/aromatic N) is 1. The second-order valence-electron chi connectivity index (χ2n) is 8.53. The molecular formula is C23H34N2O5S. The van der Waals surface area contributed by atoms with Crippen LogP contribution in [0.5, 0.6) is 0 Å². The minimum Gasteiger partial charge on any atom is -0.456 e. The highest BCUT2D eigenvalue weighted by Gasteiger charge is 2.25. The third-order valence-electron chi connectivity index (χ3n) is 6.08. The minimum absolute atomic E-state index is 0.148. The summed E-state index contributed by atoms with van der Waals surface area (Å²) in [5.41, 5.74) is 0.859. The van der Waals surface area contributed by atoms with Crippen molar-refractivity contribution in [1.29, 1.82) is 0 Å². The Kier molecular flexibility index (Phi) is 8.90. The van der Waals surface area contributed by atoms with Gasteiger partial charge in [0.05, 0.1) is 4.90 Å². The molecule has 1 saturated carbocycles. The Balaban J connectivity index is 1.40. The fraction of sp³-hybridized carbons (Fsp3) is 0.652. The first-order valence-corrected chi connectivity index (χ1v) is 12.9. The van der Waals surface area contributed by atoms with Gasteiger partial charge in [0.15, 0.2) is 6.61 Å². The summed E-state index contributed by atoms with van der Waals surface area (Å²) < 4.78 is 32.0. The number of ether oxygens (including phenoxy) is 1. The number of hydrogen-bond acceptors (Lipinski definition) is 5. The lowest BCUT2D eigenvalue weighted by atomic mass is 10.1. The van der Waals surface area contributed by atoms with E-state index in [9.17, 15) is 18.0 Å². The average Bonchev–Trinajstić information content (AvgIpc) is 3.06. The van der Waals surface area contributed by atoms with E-state index in [1.807, 2.05) is 0 Å². The van der Waals surface area contributed by atoms with Crippen LogP contribution in [0.1, 0.15) is 69.8 Å². The number of aryl methyl sites for hydroxylation is 1. The van der Waals surface area contributed by atoms with E-state index in [0.29, 0.717) is 19.5 Å². The Bertz CT molecular complexity index is 824. The zero-order valence-corrected chi connectivity index (χ0v) is 19.0. The maximum Gasteiger partial charge on any atom is 0.306 e. The molecule has 7 nitrogen and oxygen atoms in total. The van der Waals surface area contributed by atoms with Crippen molar-refractivity contribution in [2.24, 2.45) is 0 Å². The van der Waals surface area contributed by atoms with Crippen LogP contribution in [0.3, 0.4) is 0 Å².